The Balaban J connectivity index is 2.07. The van der Waals surface area contributed by atoms with Crippen LogP contribution in [0.15, 0.2) is 24.3 Å². The van der Waals surface area contributed by atoms with Gasteiger partial charge in [-0.3, -0.25) is 9.59 Å². The van der Waals surface area contributed by atoms with Crippen molar-refractivity contribution < 1.29 is 23.8 Å². The molecule has 1 rings (SSSR count). The van der Waals surface area contributed by atoms with Gasteiger partial charge < -0.3 is 14.2 Å². The zero-order valence-electron chi connectivity index (χ0n) is 20.0. The molecule has 0 saturated carbocycles. The molecule has 0 aromatic heterocycles. The molecule has 0 aromatic carbocycles. The van der Waals surface area contributed by atoms with Crippen molar-refractivity contribution in [2.24, 2.45) is 11.8 Å². The minimum Gasteiger partial charge on any atom is -0.463 e. The molecule has 0 N–H and O–H groups in total. The fourth-order valence-electron chi connectivity index (χ4n) is 3.67. The van der Waals surface area contributed by atoms with E-state index in [1.54, 1.807) is 6.08 Å². The van der Waals surface area contributed by atoms with Crippen molar-refractivity contribution in [1.82, 2.24) is 0 Å². The predicted octanol–water partition coefficient (Wildman–Crippen LogP) is 5.82. The maximum Gasteiger partial charge on any atom is 0.306 e. The predicted molar refractivity (Wildman–Crippen MR) is 125 cm³/mol. The second-order valence-electron chi connectivity index (χ2n) is 8.60. The Morgan fingerprint density at radius 1 is 1.00 bits per heavy atom. The number of hydrogen-bond donors (Lipinski definition) is 0. The Morgan fingerprint density at radius 3 is 2.48 bits per heavy atom. The van der Waals surface area contributed by atoms with E-state index in [0.29, 0.717) is 26.2 Å². The molecule has 1 aliphatic rings. The normalized spacial score (nSPS) is 18.5. The molecule has 0 aromatic rings. The Hall–Kier alpha value is -1.46. The summed E-state index contributed by atoms with van der Waals surface area (Å²) in [7, 11) is 0. The lowest BCUT2D eigenvalue weighted by molar-refractivity contribution is -0.147. The molecule has 0 bridgehead atoms. The lowest BCUT2D eigenvalue weighted by atomic mass is 9.89. The van der Waals surface area contributed by atoms with E-state index in [-0.39, 0.29) is 29.7 Å². The van der Waals surface area contributed by atoms with Crippen LogP contribution in [0.3, 0.4) is 0 Å². The highest BCUT2D eigenvalue weighted by molar-refractivity contribution is 5.94. The number of ketones is 1. The molecule has 0 heterocycles. The highest BCUT2D eigenvalue weighted by Gasteiger charge is 2.28. The summed E-state index contributed by atoms with van der Waals surface area (Å²) in [6, 6.07) is 0. The zero-order valence-corrected chi connectivity index (χ0v) is 20.0. The first-order chi connectivity index (χ1) is 15.0. The molecule has 1 aliphatic carbocycles. The van der Waals surface area contributed by atoms with Gasteiger partial charge in [-0.1, -0.05) is 50.8 Å². The number of ether oxygens (including phenoxy) is 3. The molecule has 0 fully saturated rings. The summed E-state index contributed by atoms with van der Waals surface area (Å²) in [4.78, 5) is 23.7. The number of carbonyl (C=O) groups is 2. The number of esters is 1. The molecule has 0 radical (unpaired) electrons. The van der Waals surface area contributed by atoms with Crippen LogP contribution in [-0.2, 0) is 23.8 Å². The molecule has 0 aliphatic heterocycles. The van der Waals surface area contributed by atoms with Crippen LogP contribution in [0.5, 0.6) is 0 Å². The highest BCUT2D eigenvalue weighted by atomic mass is 16.5. The first-order valence-corrected chi connectivity index (χ1v) is 12.3. The van der Waals surface area contributed by atoms with Gasteiger partial charge in [-0.2, -0.15) is 0 Å². The molecule has 0 spiro atoms. The van der Waals surface area contributed by atoms with Crippen LogP contribution in [-0.4, -0.2) is 44.3 Å². The van der Waals surface area contributed by atoms with Gasteiger partial charge in [0.15, 0.2) is 5.78 Å². The minimum absolute atomic E-state index is 0.0186. The fraction of sp³-hybridized carbons (Fsp3) is 0.769. The second kappa shape index (κ2) is 18.1. The van der Waals surface area contributed by atoms with Crippen molar-refractivity contribution in [2.45, 2.75) is 91.1 Å². The maximum atomic E-state index is 12.2. The van der Waals surface area contributed by atoms with Crippen LogP contribution in [0.1, 0.15) is 85.0 Å². The first-order valence-electron chi connectivity index (χ1n) is 12.3. The van der Waals surface area contributed by atoms with E-state index >= 15 is 0 Å². The van der Waals surface area contributed by atoms with Crippen LogP contribution in [0.4, 0.5) is 0 Å². The Labute approximate surface area is 189 Å². The maximum absolute atomic E-state index is 12.2. The zero-order chi connectivity index (χ0) is 22.7. The molecular formula is C26H44O5. The molecule has 0 saturated heterocycles. The Bertz CT molecular complexity index is 538. The molecule has 5 nitrogen and oxygen atoms in total. The molecular weight excluding hydrogens is 392 g/mol. The molecule has 178 valence electrons. The van der Waals surface area contributed by atoms with Crippen molar-refractivity contribution in [3.05, 3.63) is 24.3 Å². The molecule has 1 unspecified atom stereocenters. The molecule has 2 atom stereocenters. The topological polar surface area (TPSA) is 61.8 Å². The van der Waals surface area contributed by atoms with E-state index in [2.05, 4.69) is 19.1 Å². The summed E-state index contributed by atoms with van der Waals surface area (Å²) >= 11 is 0. The third kappa shape index (κ3) is 14.3. The van der Waals surface area contributed by atoms with E-state index in [9.17, 15) is 9.59 Å². The van der Waals surface area contributed by atoms with Crippen molar-refractivity contribution in [2.75, 3.05) is 26.4 Å². The standard InChI is InChI=1S/C26H44O5/c1-4-5-6-9-12-18-29-20-21-30-19-17-23-15-16-25(27)24(23)13-10-7-8-11-14-26(28)31-22(2)3/h7,10,15-16,22-24H,4-6,8-9,11-14,17-21H2,1-3H3/t23-,24?/m1/s1. The Kier molecular flexibility index (Phi) is 16.1. The highest BCUT2D eigenvalue weighted by Crippen LogP contribution is 2.28. The first kappa shape index (κ1) is 27.6. The monoisotopic (exact) mass is 436 g/mol. The SMILES string of the molecule is CCCCCCCOCCOCC[C@H]1C=CC(=O)C1CC=CCCCC(=O)OC(C)C. The lowest BCUT2D eigenvalue weighted by Gasteiger charge is -2.16. The second-order valence-corrected chi connectivity index (χ2v) is 8.60. The van der Waals surface area contributed by atoms with Crippen LogP contribution < -0.4 is 0 Å². The van der Waals surface area contributed by atoms with Gasteiger partial charge in [-0.05, 0) is 57.9 Å². The third-order valence-corrected chi connectivity index (χ3v) is 5.43. The van der Waals surface area contributed by atoms with E-state index < -0.39 is 0 Å². The fourth-order valence-corrected chi connectivity index (χ4v) is 3.67. The van der Waals surface area contributed by atoms with E-state index in [1.165, 1.54) is 25.7 Å². The number of hydrogen-bond acceptors (Lipinski definition) is 5. The number of rotatable bonds is 19. The quantitative estimate of drug-likeness (QED) is 0.145. The van der Waals surface area contributed by atoms with E-state index in [1.807, 2.05) is 19.9 Å². The number of allylic oxidation sites excluding steroid dienone is 4. The molecule has 0 amide bonds. The largest absolute Gasteiger partial charge is 0.463 e. The van der Waals surface area contributed by atoms with Crippen molar-refractivity contribution in [3.8, 4) is 0 Å². The van der Waals surface area contributed by atoms with Gasteiger partial charge in [0.05, 0.1) is 19.3 Å². The summed E-state index contributed by atoms with van der Waals surface area (Å²) in [5.74, 6) is 0.334. The van der Waals surface area contributed by atoms with Crippen LogP contribution in [0.2, 0.25) is 0 Å². The minimum atomic E-state index is -0.143. The van der Waals surface area contributed by atoms with Crippen LogP contribution in [0.25, 0.3) is 0 Å². The Morgan fingerprint density at radius 2 is 1.74 bits per heavy atom. The summed E-state index contributed by atoms with van der Waals surface area (Å²) in [5, 5.41) is 0. The lowest BCUT2D eigenvalue weighted by Crippen LogP contribution is -2.17. The van der Waals surface area contributed by atoms with Gasteiger partial charge in [0, 0.05) is 25.6 Å². The van der Waals surface area contributed by atoms with Crippen molar-refractivity contribution >= 4 is 11.8 Å². The van der Waals surface area contributed by atoms with Crippen molar-refractivity contribution in [3.63, 3.8) is 0 Å². The average molecular weight is 437 g/mol. The van der Waals surface area contributed by atoms with E-state index in [0.717, 1.165) is 38.7 Å². The van der Waals surface area contributed by atoms with Crippen molar-refractivity contribution in [1.29, 1.82) is 0 Å². The van der Waals surface area contributed by atoms with Gasteiger partial charge >= 0.3 is 5.97 Å². The smallest absolute Gasteiger partial charge is 0.306 e. The molecule has 31 heavy (non-hydrogen) atoms. The van der Waals surface area contributed by atoms with Gasteiger partial charge in [0.1, 0.15) is 0 Å². The average Bonchev–Trinajstić information content (AvgIpc) is 3.07. The van der Waals surface area contributed by atoms with E-state index in [4.69, 9.17) is 14.2 Å². The summed E-state index contributed by atoms with van der Waals surface area (Å²) in [6.07, 6.45) is 17.7. The summed E-state index contributed by atoms with van der Waals surface area (Å²) in [6.45, 7) is 8.67. The van der Waals surface area contributed by atoms with Gasteiger partial charge in [-0.25, -0.2) is 0 Å². The third-order valence-electron chi connectivity index (χ3n) is 5.43. The summed E-state index contributed by atoms with van der Waals surface area (Å²) in [5.41, 5.74) is 0. The number of carbonyl (C=O) groups excluding carboxylic acids is 2. The summed E-state index contributed by atoms with van der Waals surface area (Å²) < 4.78 is 16.4. The van der Waals surface area contributed by atoms with Crippen LogP contribution in [0, 0.1) is 11.8 Å². The van der Waals surface area contributed by atoms with Gasteiger partial charge in [0.25, 0.3) is 0 Å². The number of unbranched alkanes of at least 4 members (excludes halogenated alkanes) is 5. The van der Waals surface area contributed by atoms with Gasteiger partial charge in [0.2, 0.25) is 0 Å². The molecule has 5 heteroatoms. The van der Waals surface area contributed by atoms with Crippen LogP contribution >= 0.6 is 0 Å². The van der Waals surface area contributed by atoms with Gasteiger partial charge in [-0.15, -0.1) is 0 Å².